The number of carbonyl (C=O) groups excluding carboxylic acids is 1. The molecule has 3 atom stereocenters. The highest BCUT2D eigenvalue weighted by atomic mass is 35.5. The van der Waals surface area contributed by atoms with E-state index in [0.29, 0.717) is 13.0 Å². The summed E-state index contributed by atoms with van der Waals surface area (Å²) >= 11 is 0. The van der Waals surface area contributed by atoms with Crippen molar-refractivity contribution in [1.29, 1.82) is 0 Å². The molecule has 2 aromatic rings. The predicted octanol–water partition coefficient (Wildman–Crippen LogP) is 3.66. The van der Waals surface area contributed by atoms with Gasteiger partial charge in [-0.05, 0) is 49.1 Å². The highest BCUT2D eigenvalue weighted by Crippen LogP contribution is 2.26. The Balaban J connectivity index is 0.00000261. The highest BCUT2D eigenvalue weighted by Gasteiger charge is 2.31. The molecule has 1 aliphatic rings. The number of nitrogens with one attached hydrogen (secondary N) is 1. The Bertz CT molecular complexity index is 726. The first-order chi connectivity index (χ1) is 12.7. The minimum Gasteiger partial charge on any atom is -0.457 e. The maximum Gasteiger partial charge on any atom is 0.223 e. The Morgan fingerprint density at radius 3 is 2.56 bits per heavy atom. The van der Waals surface area contributed by atoms with E-state index in [1.807, 2.05) is 54.6 Å². The Kier molecular flexibility index (Phi) is 8.10. The average molecular weight is 391 g/mol. The summed E-state index contributed by atoms with van der Waals surface area (Å²) in [7, 11) is 1.68. The monoisotopic (exact) mass is 390 g/mol. The van der Waals surface area contributed by atoms with Crippen LogP contribution in [0.5, 0.6) is 11.5 Å². The van der Waals surface area contributed by atoms with Gasteiger partial charge < -0.3 is 20.5 Å². The lowest BCUT2D eigenvalue weighted by Crippen LogP contribution is -2.45. The molecule has 1 aliphatic carbocycles. The van der Waals surface area contributed by atoms with E-state index < -0.39 is 0 Å². The van der Waals surface area contributed by atoms with Crippen LogP contribution in [0.4, 0.5) is 0 Å². The summed E-state index contributed by atoms with van der Waals surface area (Å²) in [6.45, 7) is 0.476. The number of halogens is 1. The quantitative estimate of drug-likeness (QED) is 0.789. The molecule has 0 aromatic heterocycles. The molecule has 0 radical (unpaired) electrons. The lowest BCUT2D eigenvalue weighted by atomic mass is 9.83. The number of benzene rings is 2. The number of ether oxygens (including phenoxy) is 2. The number of nitrogens with two attached hydrogens (primary N) is 1. The molecule has 0 unspecified atom stereocenters. The number of hydrogen-bond acceptors (Lipinski definition) is 4. The maximum absolute atomic E-state index is 12.4. The van der Waals surface area contributed by atoms with Gasteiger partial charge in [-0.1, -0.05) is 30.3 Å². The van der Waals surface area contributed by atoms with Crippen LogP contribution in [-0.4, -0.2) is 25.2 Å². The van der Waals surface area contributed by atoms with Crippen LogP contribution < -0.4 is 15.8 Å². The van der Waals surface area contributed by atoms with Gasteiger partial charge in [-0.2, -0.15) is 0 Å². The van der Waals surface area contributed by atoms with E-state index in [1.165, 1.54) is 0 Å². The minimum absolute atomic E-state index is 0. The summed E-state index contributed by atoms with van der Waals surface area (Å²) < 4.78 is 11.2. The topological polar surface area (TPSA) is 73.6 Å². The molecule has 5 nitrogen and oxygen atoms in total. The van der Waals surface area contributed by atoms with Gasteiger partial charge in [-0.15, -0.1) is 12.4 Å². The smallest absolute Gasteiger partial charge is 0.223 e. The summed E-state index contributed by atoms with van der Waals surface area (Å²) in [5.41, 5.74) is 7.10. The van der Waals surface area contributed by atoms with Crippen molar-refractivity contribution in [2.24, 2.45) is 11.7 Å². The van der Waals surface area contributed by atoms with Crippen LogP contribution in [0.15, 0.2) is 54.6 Å². The molecular weight excluding hydrogens is 364 g/mol. The van der Waals surface area contributed by atoms with Gasteiger partial charge in [-0.3, -0.25) is 4.79 Å². The van der Waals surface area contributed by atoms with Crippen molar-refractivity contribution in [3.63, 3.8) is 0 Å². The first-order valence-electron chi connectivity index (χ1n) is 9.03. The summed E-state index contributed by atoms with van der Waals surface area (Å²) in [6.07, 6.45) is 2.37. The molecule has 6 heteroatoms. The molecule has 3 N–H and O–H groups in total. The summed E-state index contributed by atoms with van der Waals surface area (Å²) in [6, 6.07) is 17.3. The van der Waals surface area contributed by atoms with E-state index in [0.717, 1.165) is 29.9 Å². The van der Waals surface area contributed by atoms with Crippen molar-refractivity contribution in [2.45, 2.75) is 38.0 Å². The molecular formula is C21H27ClN2O3. The van der Waals surface area contributed by atoms with Gasteiger partial charge >= 0.3 is 0 Å². The second-order valence-electron chi connectivity index (χ2n) is 6.73. The number of para-hydroxylation sites is 1. The second-order valence-corrected chi connectivity index (χ2v) is 6.73. The summed E-state index contributed by atoms with van der Waals surface area (Å²) in [5, 5.41) is 3.02. The number of hydrogen-bond donors (Lipinski definition) is 2. The van der Waals surface area contributed by atoms with Crippen molar-refractivity contribution in [1.82, 2.24) is 5.32 Å². The summed E-state index contributed by atoms with van der Waals surface area (Å²) in [5.74, 6) is 1.56. The van der Waals surface area contributed by atoms with Crippen molar-refractivity contribution in [3.05, 3.63) is 60.2 Å². The molecule has 2 aromatic carbocycles. The standard InChI is InChI=1S/C21H26N2O3.ClH/c1-25-20-11-10-16(13-19(20)22)21(24)23-14-15-6-5-9-18(12-15)26-17-7-3-2-4-8-17;/h2-9,12,16,19-20H,10-11,13-14,22H2,1H3,(H,23,24);1H/t16-,19+,20+;/m0./s1. The van der Waals surface area contributed by atoms with Gasteiger partial charge in [0, 0.05) is 25.6 Å². The fourth-order valence-electron chi connectivity index (χ4n) is 3.39. The highest BCUT2D eigenvalue weighted by molar-refractivity contribution is 5.85. The van der Waals surface area contributed by atoms with Crippen molar-refractivity contribution in [3.8, 4) is 11.5 Å². The van der Waals surface area contributed by atoms with Gasteiger partial charge in [0.05, 0.1) is 6.10 Å². The van der Waals surface area contributed by atoms with Crippen LogP contribution in [0, 0.1) is 5.92 Å². The van der Waals surface area contributed by atoms with E-state index >= 15 is 0 Å². The first-order valence-corrected chi connectivity index (χ1v) is 9.03. The van der Waals surface area contributed by atoms with Crippen LogP contribution in [0.1, 0.15) is 24.8 Å². The average Bonchev–Trinajstić information content (AvgIpc) is 2.67. The van der Waals surface area contributed by atoms with E-state index in [9.17, 15) is 4.79 Å². The van der Waals surface area contributed by atoms with E-state index in [1.54, 1.807) is 7.11 Å². The molecule has 0 heterocycles. The van der Waals surface area contributed by atoms with Crippen molar-refractivity contribution in [2.75, 3.05) is 7.11 Å². The molecule has 1 fully saturated rings. The number of rotatable bonds is 6. The molecule has 1 saturated carbocycles. The Hall–Kier alpha value is -2.08. The molecule has 0 aliphatic heterocycles. The fourth-order valence-corrected chi connectivity index (χ4v) is 3.39. The third kappa shape index (κ3) is 5.96. The molecule has 3 rings (SSSR count). The Morgan fingerprint density at radius 1 is 1.11 bits per heavy atom. The summed E-state index contributed by atoms with van der Waals surface area (Å²) in [4.78, 5) is 12.4. The number of carbonyl (C=O) groups is 1. The normalized spacial score (nSPS) is 21.8. The molecule has 146 valence electrons. The van der Waals surface area contributed by atoms with Gasteiger partial charge in [0.2, 0.25) is 5.91 Å². The molecule has 0 bridgehead atoms. The Labute approximate surface area is 166 Å². The lowest BCUT2D eigenvalue weighted by Gasteiger charge is -2.32. The minimum atomic E-state index is -0.0768. The van der Waals surface area contributed by atoms with Gasteiger partial charge in [0.25, 0.3) is 0 Å². The Morgan fingerprint density at radius 2 is 1.85 bits per heavy atom. The van der Waals surface area contributed by atoms with Gasteiger partial charge in [-0.25, -0.2) is 0 Å². The van der Waals surface area contributed by atoms with Crippen LogP contribution >= 0.6 is 12.4 Å². The van der Waals surface area contributed by atoms with Crippen LogP contribution in [0.2, 0.25) is 0 Å². The molecule has 0 saturated heterocycles. The zero-order valence-corrected chi connectivity index (χ0v) is 16.3. The SMILES string of the molecule is CO[C@@H]1CC[C@H](C(=O)NCc2cccc(Oc3ccccc3)c2)C[C@H]1N.Cl. The van der Waals surface area contributed by atoms with Crippen LogP contribution in [0.25, 0.3) is 0 Å². The van der Waals surface area contributed by atoms with Gasteiger partial charge in [0.15, 0.2) is 0 Å². The zero-order chi connectivity index (χ0) is 18.4. The third-order valence-electron chi connectivity index (χ3n) is 4.85. The van der Waals surface area contributed by atoms with Crippen molar-refractivity contribution >= 4 is 18.3 Å². The van der Waals surface area contributed by atoms with Crippen LogP contribution in [0.3, 0.4) is 0 Å². The number of amides is 1. The van der Waals surface area contributed by atoms with Gasteiger partial charge in [0.1, 0.15) is 11.5 Å². The van der Waals surface area contributed by atoms with E-state index in [2.05, 4.69) is 5.32 Å². The zero-order valence-electron chi connectivity index (χ0n) is 15.5. The second kappa shape index (κ2) is 10.3. The van der Waals surface area contributed by atoms with Crippen molar-refractivity contribution < 1.29 is 14.3 Å². The molecule has 0 spiro atoms. The van der Waals surface area contributed by atoms with E-state index in [4.69, 9.17) is 15.2 Å². The lowest BCUT2D eigenvalue weighted by molar-refractivity contribution is -0.127. The van der Waals surface area contributed by atoms with E-state index in [-0.39, 0.29) is 36.4 Å². The fraction of sp³-hybridized carbons (Fsp3) is 0.381. The number of methoxy groups -OCH3 is 1. The molecule has 1 amide bonds. The molecule has 27 heavy (non-hydrogen) atoms. The largest absolute Gasteiger partial charge is 0.457 e. The van der Waals surface area contributed by atoms with Crippen LogP contribution in [-0.2, 0) is 16.1 Å². The maximum atomic E-state index is 12.4. The third-order valence-corrected chi connectivity index (χ3v) is 4.85. The predicted molar refractivity (Wildman–Crippen MR) is 108 cm³/mol. The first kappa shape index (κ1) is 21.2.